The Kier molecular flexibility index (Phi) is 5.88. The van der Waals surface area contributed by atoms with Gasteiger partial charge in [-0.25, -0.2) is 4.79 Å². The van der Waals surface area contributed by atoms with Crippen molar-refractivity contribution in [2.75, 3.05) is 6.61 Å². The standard InChI is InChI=1S/C20H20N2O6/c1-2-27-17-11-8-14(12-16(17)22(25)26)20(24)28-18(13-6-4-3-5-7-13)19(23)21-15-9-10-15/h3-8,11-12,15,18H,2,9-10H2,1H3,(H,21,23)/t18-/m0/s1. The average molecular weight is 384 g/mol. The Hall–Kier alpha value is -3.42. The highest BCUT2D eigenvalue weighted by atomic mass is 16.6. The third-order valence-electron chi connectivity index (χ3n) is 4.18. The van der Waals surface area contributed by atoms with Gasteiger partial charge in [-0.3, -0.25) is 14.9 Å². The van der Waals surface area contributed by atoms with E-state index in [2.05, 4.69) is 5.32 Å². The largest absolute Gasteiger partial charge is 0.487 e. The highest BCUT2D eigenvalue weighted by Crippen LogP contribution is 2.29. The fourth-order valence-electron chi connectivity index (χ4n) is 2.64. The van der Waals surface area contributed by atoms with Crippen molar-refractivity contribution in [3.63, 3.8) is 0 Å². The number of carbonyl (C=O) groups is 2. The van der Waals surface area contributed by atoms with Crippen LogP contribution in [-0.4, -0.2) is 29.4 Å². The minimum atomic E-state index is -1.14. The molecule has 8 nitrogen and oxygen atoms in total. The van der Waals surface area contributed by atoms with Gasteiger partial charge in [0.25, 0.3) is 5.91 Å². The maximum atomic E-state index is 12.6. The van der Waals surface area contributed by atoms with Gasteiger partial charge in [0.15, 0.2) is 5.75 Å². The molecule has 0 radical (unpaired) electrons. The number of hydrogen-bond donors (Lipinski definition) is 1. The third-order valence-corrected chi connectivity index (χ3v) is 4.18. The first kappa shape index (κ1) is 19.3. The molecule has 1 fully saturated rings. The monoisotopic (exact) mass is 384 g/mol. The average Bonchev–Trinajstić information content (AvgIpc) is 3.50. The van der Waals surface area contributed by atoms with Crippen LogP contribution in [0.5, 0.6) is 5.75 Å². The molecule has 8 heteroatoms. The van der Waals surface area contributed by atoms with Crippen LogP contribution in [0, 0.1) is 10.1 Å². The summed E-state index contributed by atoms with van der Waals surface area (Å²) in [7, 11) is 0. The summed E-state index contributed by atoms with van der Waals surface area (Å²) in [4.78, 5) is 35.8. The van der Waals surface area contributed by atoms with E-state index >= 15 is 0 Å². The molecular weight excluding hydrogens is 364 g/mol. The fourth-order valence-corrected chi connectivity index (χ4v) is 2.64. The molecule has 0 aliphatic heterocycles. The Morgan fingerprint density at radius 1 is 1.21 bits per heavy atom. The molecule has 0 saturated heterocycles. The number of carbonyl (C=O) groups excluding carboxylic acids is 2. The zero-order valence-electron chi connectivity index (χ0n) is 15.3. The van der Waals surface area contributed by atoms with Gasteiger partial charge in [-0.15, -0.1) is 0 Å². The molecule has 0 unspecified atom stereocenters. The second kappa shape index (κ2) is 8.51. The second-order valence-corrected chi connectivity index (χ2v) is 6.35. The van der Waals surface area contributed by atoms with E-state index in [0.29, 0.717) is 5.56 Å². The Morgan fingerprint density at radius 3 is 2.54 bits per heavy atom. The fraction of sp³-hybridized carbons (Fsp3) is 0.300. The van der Waals surface area contributed by atoms with Crippen molar-refractivity contribution in [3.8, 4) is 5.75 Å². The van der Waals surface area contributed by atoms with Gasteiger partial charge in [0.05, 0.1) is 17.1 Å². The van der Waals surface area contributed by atoms with Gasteiger partial charge in [-0.2, -0.15) is 0 Å². The highest BCUT2D eigenvalue weighted by molar-refractivity contribution is 5.93. The molecule has 1 aliphatic rings. The third kappa shape index (κ3) is 4.64. The Bertz CT molecular complexity index is 880. The number of esters is 1. The van der Waals surface area contributed by atoms with Crippen LogP contribution in [0.2, 0.25) is 0 Å². The van der Waals surface area contributed by atoms with Crippen molar-refractivity contribution in [1.29, 1.82) is 0 Å². The van der Waals surface area contributed by atoms with Gasteiger partial charge < -0.3 is 14.8 Å². The van der Waals surface area contributed by atoms with Gasteiger partial charge in [-0.05, 0) is 31.9 Å². The molecule has 28 heavy (non-hydrogen) atoms. The summed E-state index contributed by atoms with van der Waals surface area (Å²) in [5.74, 6) is -1.18. The number of ether oxygens (including phenoxy) is 2. The number of nitro groups is 1. The van der Waals surface area contributed by atoms with Crippen LogP contribution < -0.4 is 10.1 Å². The van der Waals surface area contributed by atoms with E-state index in [-0.39, 0.29) is 29.6 Å². The summed E-state index contributed by atoms with van der Waals surface area (Å²) >= 11 is 0. The van der Waals surface area contributed by atoms with Gasteiger partial charge in [0.2, 0.25) is 6.10 Å². The molecule has 1 saturated carbocycles. The van der Waals surface area contributed by atoms with Crippen molar-refractivity contribution in [2.24, 2.45) is 0 Å². The highest BCUT2D eigenvalue weighted by Gasteiger charge is 2.31. The van der Waals surface area contributed by atoms with Gasteiger partial charge in [0, 0.05) is 17.7 Å². The number of rotatable bonds is 8. The normalized spacial score (nSPS) is 14.0. The van der Waals surface area contributed by atoms with E-state index in [1.807, 2.05) is 0 Å². The Balaban J connectivity index is 1.84. The molecule has 1 amide bonds. The molecule has 0 bridgehead atoms. The molecule has 1 N–H and O–H groups in total. The molecule has 0 spiro atoms. The molecule has 2 aromatic carbocycles. The Morgan fingerprint density at radius 2 is 1.93 bits per heavy atom. The van der Waals surface area contributed by atoms with Crippen LogP contribution in [-0.2, 0) is 9.53 Å². The van der Waals surface area contributed by atoms with E-state index in [0.717, 1.165) is 18.9 Å². The van der Waals surface area contributed by atoms with Crippen molar-refractivity contribution in [2.45, 2.75) is 31.9 Å². The zero-order chi connectivity index (χ0) is 20.1. The van der Waals surface area contributed by atoms with Gasteiger partial charge in [0.1, 0.15) is 0 Å². The molecule has 1 aliphatic carbocycles. The minimum Gasteiger partial charge on any atom is -0.487 e. The summed E-state index contributed by atoms with van der Waals surface area (Å²) in [5.41, 5.74) is 0.153. The van der Waals surface area contributed by atoms with E-state index in [9.17, 15) is 19.7 Å². The summed E-state index contributed by atoms with van der Waals surface area (Å²) in [6, 6.07) is 12.6. The first-order valence-electron chi connectivity index (χ1n) is 8.97. The van der Waals surface area contributed by atoms with Crippen LogP contribution >= 0.6 is 0 Å². The number of amides is 1. The Labute approximate surface area is 161 Å². The maximum absolute atomic E-state index is 12.6. The predicted octanol–water partition coefficient (Wildman–Crippen LogP) is 3.17. The van der Waals surface area contributed by atoms with Crippen LogP contribution in [0.3, 0.4) is 0 Å². The first-order valence-corrected chi connectivity index (χ1v) is 8.97. The lowest BCUT2D eigenvalue weighted by atomic mass is 10.1. The smallest absolute Gasteiger partial charge is 0.339 e. The first-order chi connectivity index (χ1) is 13.5. The van der Waals surface area contributed by atoms with Crippen molar-refractivity contribution < 1.29 is 24.0 Å². The number of nitrogens with zero attached hydrogens (tertiary/aromatic N) is 1. The molecule has 2 aromatic rings. The van der Waals surface area contributed by atoms with Crippen LogP contribution in [0.4, 0.5) is 5.69 Å². The zero-order valence-corrected chi connectivity index (χ0v) is 15.3. The molecule has 1 atom stereocenters. The second-order valence-electron chi connectivity index (χ2n) is 6.35. The van der Waals surface area contributed by atoms with Gasteiger partial charge >= 0.3 is 11.7 Å². The van der Waals surface area contributed by atoms with Crippen LogP contribution in [0.15, 0.2) is 48.5 Å². The number of nitro benzene ring substituents is 1. The molecule has 3 rings (SSSR count). The predicted molar refractivity (Wildman–Crippen MR) is 100 cm³/mol. The molecule has 146 valence electrons. The van der Waals surface area contributed by atoms with Crippen LogP contribution in [0.25, 0.3) is 0 Å². The van der Waals surface area contributed by atoms with E-state index in [1.54, 1.807) is 37.3 Å². The lowest BCUT2D eigenvalue weighted by Gasteiger charge is -2.18. The topological polar surface area (TPSA) is 108 Å². The summed E-state index contributed by atoms with van der Waals surface area (Å²) in [6.07, 6.45) is 0.651. The summed E-state index contributed by atoms with van der Waals surface area (Å²) in [6.45, 7) is 1.96. The number of benzene rings is 2. The van der Waals surface area contributed by atoms with Gasteiger partial charge in [-0.1, -0.05) is 30.3 Å². The maximum Gasteiger partial charge on any atom is 0.339 e. The number of nitrogens with one attached hydrogen (secondary N) is 1. The van der Waals surface area contributed by atoms with Crippen LogP contribution in [0.1, 0.15) is 41.8 Å². The lowest BCUT2D eigenvalue weighted by molar-refractivity contribution is -0.385. The van der Waals surface area contributed by atoms with E-state index in [1.165, 1.54) is 12.1 Å². The van der Waals surface area contributed by atoms with Crippen molar-refractivity contribution in [3.05, 3.63) is 69.8 Å². The summed E-state index contributed by atoms with van der Waals surface area (Å²) < 4.78 is 10.6. The molecule has 0 heterocycles. The lowest BCUT2D eigenvalue weighted by Crippen LogP contribution is -2.33. The minimum absolute atomic E-state index is 0.0321. The molecular formula is C20H20N2O6. The van der Waals surface area contributed by atoms with E-state index in [4.69, 9.17) is 9.47 Å². The quantitative estimate of drug-likeness (QED) is 0.425. The summed E-state index contributed by atoms with van der Waals surface area (Å²) in [5, 5.41) is 14.1. The van der Waals surface area contributed by atoms with Crippen molar-refractivity contribution in [1.82, 2.24) is 5.32 Å². The SMILES string of the molecule is CCOc1ccc(C(=O)O[C@H](C(=O)NC2CC2)c2ccccc2)cc1[N+](=O)[O-]. The van der Waals surface area contributed by atoms with E-state index < -0.39 is 22.9 Å². The number of hydrogen-bond acceptors (Lipinski definition) is 6. The molecule has 0 aromatic heterocycles. The van der Waals surface area contributed by atoms with Crippen molar-refractivity contribution >= 4 is 17.6 Å².